The van der Waals surface area contributed by atoms with Crippen LogP contribution in [-0.2, 0) is 9.53 Å². The van der Waals surface area contributed by atoms with Crippen LogP contribution in [-0.4, -0.2) is 28.0 Å². The van der Waals surface area contributed by atoms with E-state index >= 15 is 0 Å². The summed E-state index contributed by atoms with van der Waals surface area (Å²) < 4.78 is 6.50. The van der Waals surface area contributed by atoms with Crippen molar-refractivity contribution in [3.05, 3.63) is 56.4 Å². The van der Waals surface area contributed by atoms with Crippen molar-refractivity contribution >= 4 is 39.1 Å². The van der Waals surface area contributed by atoms with Crippen LogP contribution in [0.25, 0.3) is 10.2 Å². The van der Waals surface area contributed by atoms with Gasteiger partial charge < -0.3 is 10.1 Å². The van der Waals surface area contributed by atoms with Crippen LogP contribution in [0.4, 0.5) is 5.69 Å². The normalized spacial score (nSPS) is 12.0. The van der Waals surface area contributed by atoms with Crippen LogP contribution in [0.15, 0.2) is 29.3 Å². The number of benzene rings is 1. The minimum atomic E-state index is -0.798. The predicted molar refractivity (Wildman–Crippen MR) is 123 cm³/mol. The van der Waals surface area contributed by atoms with Gasteiger partial charge >= 0.3 is 5.97 Å². The molecule has 0 aliphatic heterocycles. The van der Waals surface area contributed by atoms with E-state index in [2.05, 4.69) is 10.3 Å². The minimum Gasteiger partial charge on any atom is -0.464 e. The van der Waals surface area contributed by atoms with Gasteiger partial charge in [-0.05, 0) is 51.3 Å². The SMILES string of the molecule is CCCCOC(=O)[C@H](C)n1cnc2sc(C(=O)Nc3ccc(C)cc3C)c(C)c2c1=O. The highest BCUT2D eigenvalue weighted by Gasteiger charge is 2.23. The molecule has 8 heteroatoms. The number of rotatable bonds is 7. The molecule has 0 bridgehead atoms. The molecule has 0 saturated carbocycles. The van der Waals surface area contributed by atoms with Crippen molar-refractivity contribution in [3.63, 3.8) is 0 Å². The molecular weight excluding hydrogens is 414 g/mol. The standard InChI is InChI=1S/C23H27N3O4S/c1-6-7-10-30-23(29)16(5)26-12-24-21-18(22(26)28)15(4)19(31-21)20(27)25-17-9-8-13(2)11-14(17)3/h8-9,11-12,16H,6-7,10H2,1-5H3,(H,25,27)/t16-/m0/s1. The third kappa shape index (κ3) is 4.69. The summed E-state index contributed by atoms with van der Waals surface area (Å²) in [5, 5.41) is 3.27. The molecule has 0 saturated heterocycles. The molecule has 3 aromatic rings. The molecule has 1 aromatic carbocycles. The number of aromatic nitrogens is 2. The zero-order chi connectivity index (χ0) is 22.7. The lowest BCUT2D eigenvalue weighted by molar-refractivity contribution is -0.147. The molecule has 0 aliphatic rings. The Morgan fingerprint density at radius 1 is 1.26 bits per heavy atom. The first-order valence-electron chi connectivity index (χ1n) is 10.3. The van der Waals surface area contributed by atoms with Gasteiger partial charge in [0.2, 0.25) is 0 Å². The number of carbonyl (C=O) groups is 2. The Morgan fingerprint density at radius 3 is 2.68 bits per heavy atom. The fraction of sp³-hybridized carbons (Fsp3) is 0.391. The van der Waals surface area contributed by atoms with Crippen molar-refractivity contribution in [2.24, 2.45) is 0 Å². The molecule has 3 rings (SSSR count). The van der Waals surface area contributed by atoms with E-state index in [0.29, 0.717) is 27.3 Å². The van der Waals surface area contributed by atoms with E-state index in [0.717, 1.165) is 29.7 Å². The van der Waals surface area contributed by atoms with Gasteiger partial charge in [0.15, 0.2) is 0 Å². The lowest BCUT2D eigenvalue weighted by Crippen LogP contribution is -2.29. The second-order valence-electron chi connectivity index (χ2n) is 7.66. The predicted octanol–water partition coefficient (Wildman–Crippen LogP) is 4.54. The number of hydrogen-bond acceptors (Lipinski definition) is 6. The molecule has 1 N–H and O–H groups in total. The number of nitrogens with zero attached hydrogens (tertiary/aromatic N) is 2. The number of fused-ring (bicyclic) bond motifs is 1. The Labute approximate surface area is 185 Å². The van der Waals surface area contributed by atoms with Crippen LogP contribution < -0.4 is 10.9 Å². The largest absolute Gasteiger partial charge is 0.464 e. The number of carbonyl (C=O) groups excluding carboxylic acids is 2. The van der Waals surface area contributed by atoms with Gasteiger partial charge in [0, 0.05) is 5.69 Å². The van der Waals surface area contributed by atoms with Crippen LogP contribution in [0.5, 0.6) is 0 Å². The summed E-state index contributed by atoms with van der Waals surface area (Å²) in [6.07, 6.45) is 3.03. The lowest BCUT2D eigenvalue weighted by atomic mass is 10.1. The van der Waals surface area contributed by atoms with Gasteiger partial charge in [-0.2, -0.15) is 0 Å². The maximum Gasteiger partial charge on any atom is 0.328 e. The zero-order valence-corrected chi connectivity index (χ0v) is 19.3. The number of hydrogen-bond donors (Lipinski definition) is 1. The maximum atomic E-state index is 13.1. The molecule has 1 atom stereocenters. The zero-order valence-electron chi connectivity index (χ0n) is 18.4. The Hall–Kier alpha value is -3.00. The smallest absolute Gasteiger partial charge is 0.328 e. The van der Waals surface area contributed by atoms with Crippen molar-refractivity contribution in [1.82, 2.24) is 9.55 Å². The molecule has 0 fully saturated rings. The Morgan fingerprint density at radius 2 is 2.00 bits per heavy atom. The third-order valence-electron chi connectivity index (χ3n) is 5.21. The number of nitrogens with one attached hydrogen (secondary N) is 1. The molecule has 0 unspecified atom stereocenters. The number of anilines is 1. The average Bonchev–Trinajstić information content (AvgIpc) is 3.07. The van der Waals surface area contributed by atoms with Crippen molar-refractivity contribution in [2.75, 3.05) is 11.9 Å². The van der Waals surface area contributed by atoms with E-state index in [4.69, 9.17) is 4.74 Å². The number of esters is 1. The molecule has 164 valence electrons. The summed E-state index contributed by atoms with van der Waals surface area (Å²) in [5.74, 6) is -0.761. The molecule has 0 aliphatic carbocycles. The number of amides is 1. The van der Waals surface area contributed by atoms with Gasteiger partial charge in [0.1, 0.15) is 10.9 Å². The summed E-state index contributed by atoms with van der Waals surface area (Å²) in [6.45, 7) is 9.59. The van der Waals surface area contributed by atoms with Gasteiger partial charge in [0.05, 0.1) is 23.2 Å². The highest BCUT2D eigenvalue weighted by molar-refractivity contribution is 7.20. The molecule has 2 aromatic heterocycles. The van der Waals surface area contributed by atoms with Crippen LogP contribution in [0.1, 0.15) is 59.1 Å². The minimum absolute atomic E-state index is 0.287. The quantitative estimate of drug-likeness (QED) is 0.429. The second-order valence-corrected chi connectivity index (χ2v) is 8.66. The van der Waals surface area contributed by atoms with Gasteiger partial charge in [0.25, 0.3) is 11.5 Å². The van der Waals surface area contributed by atoms with Crippen molar-refractivity contribution < 1.29 is 14.3 Å². The number of ether oxygens (including phenoxy) is 1. The third-order valence-corrected chi connectivity index (χ3v) is 6.41. The summed E-state index contributed by atoms with van der Waals surface area (Å²) in [4.78, 5) is 43.5. The summed E-state index contributed by atoms with van der Waals surface area (Å²) >= 11 is 1.17. The second kappa shape index (κ2) is 9.43. The van der Waals surface area contributed by atoms with Crippen molar-refractivity contribution in [1.29, 1.82) is 0 Å². The Balaban J connectivity index is 1.91. The van der Waals surface area contributed by atoms with Gasteiger partial charge in [-0.3, -0.25) is 14.2 Å². The highest BCUT2D eigenvalue weighted by atomic mass is 32.1. The van der Waals surface area contributed by atoms with E-state index in [-0.39, 0.29) is 11.5 Å². The summed E-state index contributed by atoms with van der Waals surface area (Å²) in [6, 6.07) is 4.99. The lowest BCUT2D eigenvalue weighted by Gasteiger charge is -2.14. The maximum absolute atomic E-state index is 13.1. The molecule has 0 spiro atoms. The van der Waals surface area contributed by atoms with Gasteiger partial charge in [-0.1, -0.05) is 31.0 Å². The first-order valence-corrected chi connectivity index (χ1v) is 11.1. The van der Waals surface area contributed by atoms with Crippen LogP contribution in [0, 0.1) is 20.8 Å². The number of aryl methyl sites for hydroxylation is 3. The monoisotopic (exact) mass is 441 g/mol. The average molecular weight is 442 g/mol. The fourth-order valence-electron chi connectivity index (χ4n) is 3.31. The summed E-state index contributed by atoms with van der Waals surface area (Å²) in [7, 11) is 0. The molecule has 2 heterocycles. The van der Waals surface area contributed by atoms with E-state index in [1.165, 1.54) is 22.2 Å². The molecule has 1 amide bonds. The van der Waals surface area contributed by atoms with E-state index in [1.807, 2.05) is 39.0 Å². The van der Waals surface area contributed by atoms with E-state index in [9.17, 15) is 14.4 Å². The fourth-order valence-corrected chi connectivity index (χ4v) is 4.35. The number of unbranched alkanes of at least 4 members (excludes halogenated alkanes) is 1. The highest BCUT2D eigenvalue weighted by Crippen LogP contribution is 2.28. The Kier molecular flexibility index (Phi) is 6.90. The van der Waals surface area contributed by atoms with Crippen LogP contribution in [0.3, 0.4) is 0 Å². The van der Waals surface area contributed by atoms with Gasteiger partial charge in [-0.25, -0.2) is 9.78 Å². The molecular formula is C23H27N3O4S. The Bertz CT molecular complexity index is 1200. The van der Waals surface area contributed by atoms with E-state index in [1.54, 1.807) is 13.8 Å². The first-order chi connectivity index (χ1) is 14.7. The van der Waals surface area contributed by atoms with Gasteiger partial charge in [-0.15, -0.1) is 11.3 Å². The van der Waals surface area contributed by atoms with E-state index < -0.39 is 12.0 Å². The first kappa shape index (κ1) is 22.7. The molecule has 31 heavy (non-hydrogen) atoms. The molecule has 0 radical (unpaired) electrons. The summed E-state index contributed by atoms with van der Waals surface area (Å²) in [5.41, 5.74) is 3.00. The van der Waals surface area contributed by atoms with Crippen molar-refractivity contribution in [2.45, 2.75) is 53.5 Å². The van der Waals surface area contributed by atoms with Crippen LogP contribution in [0.2, 0.25) is 0 Å². The number of thiophene rings is 1. The molecule has 7 nitrogen and oxygen atoms in total. The van der Waals surface area contributed by atoms with Crippen LogP contribution >= 0.6 is 11.3 Å². The topological polar surface area (TPSA) is 90.3 Å². The van der Waals surface area contributed by atoms with Crippen molar-refractivity contribution in [3.8, 4) is 0 Å².